The molecular formula is C17H14ClN5O2. The highest BCUT2D eigenvalue weighted by Crippen LogP contribution is 2.19. The topological polar surface area (TPSA) is 106 Å². The first-order valence-corrected chi connectivity index (χ1v) is 7.71. The monoisotopic (exact) mass is 355 g/mol. The normalized spacial score (nSPS) is 11.4. The van der Waals surface area contributed by atoms with Crippen LogP contribution in [-0.2, 0) is 0 Å². The van der Waals surface area contributed by atoms with Crippen molar-refractivity contribution in [1.29, 1.82) is 0 Å². The van der Waals surface area contributed by atoms with Crippen molar-refractivity contribution in [3.8, 4) is 0 Å². The Morgan fingerprint density at radius 1 is 1.20 bits per heavy atom. The summed E-state index contributed by atoms with van der Waals surface area (Å²) in [5.74, 6) is -0.218. The molecule has 0 aliphatic heterocycles. The Hall–Kier alpha value is -3.19. The Morgan fingerprint density at radius 2 is 1.96 bits per heavy atom. The summed E-state index contributed by atoms with van der Waals surface area (Å²) in [5, 5.41) is 10.5. The van der Waals surface area contributed by atoms with Crippen LogP contribution >= 0.6 is 11.6 Å². The molecule has 25 heavy (non-hydrogen) atoms. The third kappa shape index (κ3) is 4.02. The van der Waals surface area contributed by atoms with E-state index in [2.05, 4.69) is 25.3 Å². The van der Waals surface area contributed by atoms with Crippen LogP contribution in [0.2, 0.25) is 5.02 Å². The molecule has 0 radical (unpaired) electrons. The van der Waals surface area contributed by atoms with Crippen LogP contribution in [-0.4, -0.2) is 22.1 Å². The summed E-state index contributed by atoms with van der Waals surface area (Å²) in [6, 6.07) is 13.9. The molecule has 0 spiro atoms. The number of amidine groups is 1. The lowest BCUT2D eigenvalue weighted by atomic mass is 10.1. The maximum absolute atomic E-state index is 12.3. The summed E-state index contributed by atoms with van der Waals surface area (Å²) in [5.41, 5.74) is 8.16. The lowest BCUT2D eigenvalue weighted by molar-refractivity contribution is 0.102. The first-order valence-electron chi connectivity index (χ1n) is 7.33. The standard InChI is InChI=1S/C17H14ClN5O2/c1-10-5-7-11(8-6-10)17(24)21-16-14(22-25-23-16)15(19)20-13-4-2-3-12(18)9-13/h2-9H,1H3,(H2,19,20)(H,21,23,24). The molecule has 8 heteroatoms. The van der Waals surface area contributed by atoms with E-state index in [1.54, 1.807) is 36.4 Å². The first-order chi connectivity index (χ1) is 12.0. The zero-order valence-corrected chi connectivity index (χ0v) is 14.0. The Balaban J connectivity index is 1.82. The van der Waals surface area contributed by atoms with Gasteiger partial charge in [-0.3, -0.25) is 4.79 Å². The third-order valence-corrected chi connectivity index (χ3v) is 3.57. The number of amides is 1. The molecule has 3 N–H and O–H groups in total. The highest BCUT2D eigenvalue weighted by molar-refractivity contribution is 6.30. The summed E-state index contributed by atoms with van der Waals surface area (Å²) >= 11 is 5.92. The summed E-state index contributed by atoms with van der Waals surface area (Å²) in [7, 11) is 0. The molecule has 126 valence electrons. The van der Waals surface area contributed by atoms with E-state index in [0.717, 1.165) is 5.56 Å². The van der Waals surface area contributed by atoms with Crippen LogP contribution < -0.4 is 11.1 Å². The molecule has 3 aromatic rings. The van der Waals surface area contributed by atoms with Crippen molar-refractivity contribution in [2.75, 3.05) is 5.32 Å². The van der Waals surface area contributed by atoms with Gasteiger partial charge in [-0.2, -0.15) is 0 Å². The Kier molecular flexibility index (Phi) is 4.76. The van der Waals surface area contributed by atoms with Gasteiger partial charge in [-0.25, -0.2) is 9.62 Å². The van der Waals surface area contributed by atoms with Crippen LogP contribution in [0.1, 0.15) is 21.6 Å². The molecular weight excluding hydrogens is 342 g/mol. The second-order valence-electron chi connectivity index (χ2n) is 5.26. The Morgan fingerprint density at radius 3 is 2.68 bits per heavy atom. The number of rotatable bonds is 4. The SMILES string of the molecule is Cc1ccc(C(=O)Nc2nonc2C(N)=Nc2cccc(Cl)c2)cc1. The van der Waals surface area contributed by atoms with Crippen molar-refractivity contribution in [2.45, 2.75) is 6.92 Å². The smallest absolute Gasteiger partial charge is 0.256 e. The number of carbonyl (C=O) groups is 1. The fraction of sp³-hybridized carbons (Fsp3) is 0.0588. The van der Waals surface area contributed by atoms with E-state index in [4.69, 9.17) is 17.3 Å². The van der Waals surface area contributed by atoms with Gasteiger partial charge in [0.15, 0.2) is 11.5 Å². The maximum Gasteiger partial charge on any atom is 0.256 e. The second kappa shape index (κ2) is 7.14. The minimum atomic E-state index is -0.354. The number of aliphatic imine (C=N–C) groups is 1. The van der Waals surface area contributed by atoms with Crippen molar-refractivity contribution in [1.82, 2.24) is 10.3 Å². The van der Waals surface area contributed by atoms with Gasteiger partial charge in [-0.05, 0) is 47.6 Å². The van der Waals surface area contributed by atoms with Gasteiger partial charge in [0.25, 0.3) is 5.91 Å². The minimum absolute atomic E-state index is 0.0442. The van der Waals surface area contributed by atoms with Gasteiger partial charge >= 0.3 is 0 Å². The molecule has 0 bridgehead atoms. The van der Waals surface area contributed by atoms with Crippen molar-refractivity contribution < 1.29 is 9.42 Å². The molecule has 7 nitrogen and oxygen atoms in total. The van der Waals surface area contributed by atoms with Crippen molar-refractivity contribution in [3.63, 3.8) is 0 Å². The number of aryl methyl sites for hydroxylation is 1. The third-order valence-electron chi connectivity index (χ3n) is 3.33. The molecule has 2 aromatic carbocycles. The lowest BCUT2D eigenvalue weighted by Crippen LogP contribution is -2.19. The van der Waals surface area contributed by atoms with Crippen molar-refractivity contribution in [3.05, 3.63) is 70.4 Å². The van der Waals surface area contributed by atoms with E-state index in [-0.39, 0.29) is 23.3 Å². The van der Waals surface area contributed by atoms with Crippen LogP contribution in [0.4, 0.5) is 11.5 Å². The molecule has 1 heterocycles. The molecule has 0 saturated heterocycles. The second-order valence-corrected chi connectivity index (χ2v) is 5.69. The average molecular weight is 356 g/mol. The molecule has 1 aromatic heterocycles. The highest BCUT2D eigenvalue weighted by atomic mass is 35.5. The molecule has 3 rings (SSSR count). The number of benzene rings is 2. The van der Waals surface area contributed by atoms with E-state index < -0.39 is 0 Å². The van der Waals surface area contributed by atoms with Gasteiger partial charge in [0.05, 0.1) is 5.69 Å². The van der Waals surface area contributed by atoms with Gasteiger partial charge in [0.2, 0.25) is 5.82 Å². The molecule has 1 amide bonds. The quantitative estimate of drug-likeness (QED) is 0.551. The van der Waals surface area contributed by atoms with Gasteiger partial charge in [0.1, 0.15) is 0 Å². The Labute approximate surface area is 148 Å². The van der Waals surface area contributed by atoms with Crippen LogP contribution in [0, 0.1) is 6.92 Å². The van der Waals surface area contributed by atoms with Crippen molar-refractivity contribution in [2.24, 2.45) is 10.7 Å². The van der Waals surface area contributed by atoms with E-state index in [0.29, 0.717) is 16.3 Å². The summed E-state index contributed by atoms with van der Waals surface area (Å²) in [4.78, 5) is 16.5. The van der Waals surface area contributed by atoms with E-state index in [1.807, 2.05) is 19.1 Å². The number of carbonyl (C=O) groups excluding carboxylic acids is 1. The van der Waals surface area contributed by atoms with Gasteiger partial charge in [-0.15, -0.1) is 0 Å². The zero-order valence-electron chi connectivity index (χ0n) is 13.2. The van der Waals surface area contributed by atoms with Gasteiger partial charge < -0.3 is 11.1 Å². The van der Waals surface area contributed by atoms with Crippen LogP contribution in [0.3, 0.4) is 0 Å². The number of nitrogens with zero attached hydrogens (tertiary/aromatic N) is 3. The number of anilines is 1. The number of nitrogens with two attached hydrogens (primary N) is 1. The van der Waals surface area contributed by atoms with Crippen LogP contribution in [0.15, 0.2) is 58.2 Å². The summed E-state index contributed by atoms with van der Waals surface area (Å²) in [6.45, 7) is 1.94. The molecule has 0 aliphatic carbocycles. The van der Waals surface area contributed by atoms with Gasteiger partial charge in [0, 0.05) is 10.6 Å². The van der Waals surface area contributed by atoms with E-state index in [9.17, 15) is 4.79 Å². The van der Waals surface area contributed by atoms with Crippen LogP contribution in [0.5, 0.6) is 0 Å². The van der Waals surface area contributed by atoms with Crippen molar-refractivity contribution >= 4 is 34.8 Å². The van der Waals surface area contributed by atoms with E-state index in [1.165, 1.54) is 0 Å². The molecule has 0 fully saturated rings. The number of nitrogens with one attached hydrogen (secondary N) is 1. The molecule has 0 saturated carbocycles. The fourth-order valence-electron chi connectivity index (χ4n) is 2.06. The molecule has 0 unspecified atom stereocenters. The number of halogens is 1. The number of aromatic nitrogens is 2. The summed E-state index contributed by atoms with van der Waals surface area (Å²) < 4.78 is 4.68. The largest absolute Gasteiger partial charge is 0.382 e. The lowest BCUT2D eigenvalue weighted by Gasteiger charge is -2.04. The van der Waals surface area contributed by atoms with Gasteiger partial charge in [-0.1, -0.05) is 35.4 Å². The molecule has 0 aliphatic rings. The highest BCUT2D eigenvalue weighted by Gasteiger charge is 2.17. The number of hydrogen-bond donors (Lipinski definition) is 2. The number of hydrogen-bond acceptors (Lipinski definition) is 5. The average Bonchev–Trinajstić information content (AvgIpc) is 3.03. The summed E-state index contributed by atoms with van der Waals surface area (Å²) in [6.07, 6.45) is 0. The fourth-order valence-corrected chi connectivity index (χ4v) is 2.25. The zero-order chi connectivity index (χ0) is 17.8. The predicted octanol–water partition coefficient (Wildman–Crippen LogP) is 3.32. The molecule has 0 atom stereocenters. The van der Waals surface area contributed by atoms with E-state index >= 15 is 0 Å². The maximum atomic E-state index is 12.3. The predicted molar refractivity (Wildman–Crippen MR) is 95.3 cm³/mol. The minimum Gasteiger partial charge on any atom is -0.382 e. The Bertz CT molecular complexity index is 934. The van der Waals surface area contributed by atoms with Crippen LogP contribution in [0.25, 0.3) is 0 Å². The first kappa shape index (κ1) is 16.7.